The Hall–Kier alpha value is -3.20. The van der Waals surface area contributed by atoms with Crippen molar-refractivity contribution in [3.8, 4) is 0 Å². The number of halogens is 1. The molecule has 2 heterocycles. The smallest absolute Gasteiger partial charge is 0.252 e. The first-order valence-corrected chi connectivity index (χ1v) is 15.1. The van der Waals surface area contributed by atoms with Gasteiger partial charge in [0.25, 0.3) is 5.91 Å². The van der Waals surface area contributed by atoms with Gasteiger partial charge in [0.2, 0.25) is 11.8 Å². The van der Waals surface area contributed by atoms with Crippen LogP contribution >= 0.6 is 11.6 Å². The Balaban J connectivity index is 1.37. The maximum atomic E-state index is 14.0. The number of H-pyrrole nitrogens is 1. The lowest BCUT2D eigenvalue weighted by molar-refractivity contribution is -0.147. The van der Waals surface area contributed by atoms with Crippen molar-refractivity contribution in [1.29, 1.82) is 0 Å². The Labute approximate surface area is 246 Å². The highest BCUT2D eigenvalue weighted by atomic mass is 35.5. The Morgan fingerprint density at radius 2 is 1.80 bits per heavy atom. The zero-order valence-electron chi connectivity index (χ0n) is 23.7. The molecular weight excluding hydrogens is 538 g/mol. The highest BCUT2D eigenvalue weighted by Crippen LogP contribution is 2.29. The van der Waals surface area contributed by atoms with Gasteiger partial charge in [0.1, 0.15) is 6.04 Å². The largest absolute Gasteiger partial charge is 0.361 e. The molecule has 1 saturated carbocycles. The molecule has 1 aliphatic carbocycles. The fourth-order valence-corrected chi connectivity index (χ4v) is 6.62. The number of imide groups is 1. The fourth-order valence-electron chi connectivity index (χ4n) is 6.42. The summed E-state index contributed by atoms with van der Waals surface area (Å²) in [5.41, 5.74) is 2.53. The molecule has 1 aromatic heterocycles. The molecule has 1 aliphatic heterocycles. The van der Waals surface area contributed by atoms with Crippen LogP contribution in [0.5, 0.6) is 0 Å². The molecule has 2 unspecified atom stereocenters. The monoisotopic (exact) mass is 577 g/mol. The molecule has 8 nitrogen and oxygen atoms in total. The molecule has 41 heavy (non-hydrogen) atoms. The zero-order chi connectivity index (χ0) is 28.8. The SMILES string of the molecule is CC(=O)N(Cc1ccccc1Cl)C(=O)C(Cc1c[nH]c2ccccc12)NC(=O)CN1CCNCC1C1CCCCC1. The van der Waals surface area contributed by atoms with Gasteiger partial charge >= 0.3 is 0 Å². The van der Waals surface area contributed by atoms with E-state index in [2.05, 4.69) is 20.5 Å². The van der Waals surface area contributed by atoms with E-state index in [1.165, 1.54) is 43.9 Å². The van der Waals surface area contributed by atoms with Crippen molar-refractivity contribution in [2.75, 3.05) is 26.2 Å². The van der Waals surface area contributed by atoms with E-state index in [0.29, 0.717) is 22.5 Å². The molecule has 5 rings (SSSR count). The van der Waals surface area contributed by atoms with Crippen molar-refractivity contribution >= 4 is 40.2 Å². The number of hydrogen-bond donors (Lipinski definition) is 3. The summed E-state index contributed by atoms with van der Waals surface area (Å²) >= 11 is 6.37. The number of benzene rings is 2. The number of carbonyl (C=O) groups excluding carboxylic acids is 3. The molecule has 3 aromatic rings. The van der Waals surface area contributed by atoms with Crippen LogP contribution < -0.4 is 10.6 Å². The van der Waals surface area contributed by atoms with Crippen LogP contribution in [0, 0.1) is 5.92 Å². The summed E-state index contributed by atoms with van der Waals surface area (Å²) in [6, 6.07) is 14.4. The third kappa shape index (κ3) is 7.18. The number of carbonyl (C=O) groups is 3. The second-order valence-corrected chi connectivity index (χ2v) is 11.8. The average molecular weight is 578 g/mol. The van der Waals surface area contributed by atoms with Gasteiger partial charge in [0.15, 0.2) is 0 Å². The number of amides is 3. The van der Waals surface area contributed by atoms with Crippen molar-refractivity contribution in [3.05, 3.63) is 70.9 Å². The van der Waals surface area contributed by atoms with Crippen LogP contribution in [0.25, 0.3) is 10.9 Å². The van der Waals surface area contributed by atoms with E-state index in [0.717, 1.165) is 36.1 Å². The van der Waals surface area contributed by atoms with Crippen molar-refractivity contribution in [2.45, 2.75) is 64.1 Å². The molecule has 0 bridgehead atoms. The summed E-state index contributed by atoms with van der Waals surface area (Å²) in [5, 5.41) is 8.01. The third-order valence-corrected chi connectivity index (χ3v) is 8.97. The van der Waals surface area contributed by atoms with Gasteiger partial charge in [-0.15, -0.1) is 0 Å². The number of fused-ring (bicyclic) bond motifs is 1. The van der Waals surface area contributed by atoms with Crippen molar-refractivity contribution in [2.24, 2.45) is 5.92 Å². The molecule has 2 aliphatic rings. The lowest BCUT2D eigenvalue weighted by Crippen LogP contribution is -2.58. The molecule has 0 radical (unpaired) electrons. The minimum Gasteiger partial charge on any atom is -0.361 e. The van der Waals surface area contributed by atoms with Gasteiger partial charge < -0.3 is 15.6 Å². The number of piperazine rings is 1. The molecular formula is C32H40ClN5O3. The second-order valence-electron chi connectivity index (χ2n) is 11.4. The molecule has 1 saturated heterocycles. The maximum Gasteiger partial charge on any atom is 0.252 e. The number of para-hydroxylation sites is 1. The van der Waals surface area contributed by atoms with Gasteiger partial charge in [-0.2, -0.15) is 0 Å². The highest BCUT2D eigenvalue weighted by molar-refractivity contribution is 6.31. The van der Waals surface area contributed by atoms with Crippen LogP contribution in [0.4, 0.5) is 0 Å². The van der Waals surface area contributed by atoms with Gasteiger partial charge in [0, 0.05) is 61.1 Å². The average Bonchev–Trinajstić information content (AvgIpc) is 3.39. The van der Waals surface area contributed by atoms with E-state index in [9.17, 15) is 14.4 Å². The Morgan fingerprint density at radius 1 is 1.05 bits per heavy atom. The number of aromatic nitrogens is 1. The van der Waals surface area contributed by atoms with Crippen LogP contribution in [0.1, 0.15) is 50.2 Å². The van der Waals surface area contributed by atoms with E-state index in [1.54, 1.807) is 12.1 Å². The summed E-state index contributed by atoms with van der Waals surface area (Å²) in [6.07, 6.45) is 8.30. The van der Waals surface area contributed by atoms with E-state index >= 15 is 0 Å². The van der Waals surface area contributed by atoms with Gasteiger partial charge in [-0.3, -0.25) is 24.2 Å². The highest BCUT2D eigenvalue weighted by Gasteiger charge is 2.34. The van der Waals surface area contributed by atoms with Crippen LogP contribution in [-0.2, 0) is 27.3 Å². The van der Waals surface area contributed by atoms with E-state index in [-0.39, 0.29) is 25.4 Å². The van der Waals surface area contributed by atoms with E-state index in [4.69, 9.17) is 11.6 Å². The Kier molecular flexibility index (Phi) is 9.75. The first kappa shape index (κ1) is 29.3. The number of nitrogens with one attached hydrogen (secondary N) is 3. The molecule has 3 amide bonds. The van der Waals surface area contributed by atoms with Gasteiger partial charge in [0.05, 0.1) is 13.1 Å². The Bertz CT molecular complexity index is 1370. The standard InChI is InChI=1S/C32H40ClN5O3/c1-22(39)38(20-24-11-5-7-13-27(24)33)32(41)29(17-25-18-35-28-14-8-6-12-26(25)28)36-31(40)21-37-16-15-34-19-30(37)23-9-3-2-4-10-23/h5-8,11-14,18,23,29-30,34-35H,2-4,9-10,15-17,19-21H2,1H3,(H,36,40). The summed E-state index contributed by atoms with van der Waals surface area (Å²) in [6.45, 7) is 4.15. The molecule has 218 valence electrons. The van der Waals surface area contributed by atoms with E-state index < -0.39 is 17.9 Å². The molecule has 2 atom stereocenters. The van der Waals surface area contributed by atoms with Crippen molar-refractivity contribution in [1.82, 2.24) is 25.4 Å². The lowest BCUT2D eigenvalue weighted by atomic mass is 9.82. The first-order chi connectivity index (χ1) is 19.9. The van der Waals surface area contributed by atoms with Crippen molar-refractivity contribution < 1.29 is 14.4 Å². The van der Waals surface area contributed by atoms with Crippen molar-refractivity contribution in [3.63, 3.8) is 0 Å². The molecule has 9 heteroatoms. The topological polar surface area (TPSA) is 97.5 Å². The quantitative estimate of drug-likeness (QED) is 0.353. The number of aromatic amines is 1. The fraction of sp³-hybridized carbons (Fsp3) is 0.469. The molecule has 2 aromatic carbocycles. The minimum absolute atomic E-state index is 0.0373. The van der Waals surface area contributed by atoms with Crippen LogP contribution in [0.15, 0.2) is 54.7 Å². The third-order valence-electron chi connectivity index (χ3n) is 8.60. The summed E-state index contributed by atoms with van der Waals surface area (Å²) in [5.74, 6) is -0.461. The molecule has 3 N–H and O–H groups in total. The van der Waals surface area contributed by atoms with Crippen LogP contribution in [0.2, 0.25) is 5.02 Å². The predicted octanol–water partition coefficient (Wildman–Crippen LogP) is 4.28. The maximum absolute atomic E-state index is 14.0. The Morgan fingerprint density at radius 3 is 2.59 bits per heavy atom. The first-order valence-electron chi connectivity index (χ1n) is 14.7. The number of hydrogen-bond acceptors (Lipinski definition) is 5. The number of rotatable bonds is 9. The number of nitrogens with zero attached hydrogens (tertiary/aromatic N) is 2. The minimum atomic E-state index is -0.913. The zero-order valence-corrected chi connectivity index (χ0v) is 24.5. The van der Waals surface area contributed by atoms with Crippen LogP contribution in [-0.4, -0.2) is 70.8 Å². The normalized spacial score (nSPS) is 19.1. The summed E-state index contributed by atoms with van der Waals surface area (Å²) < 4.78 is 0. The summed E-state index contributed by atoms with van der Waals surface area (Å²) in [7, 11) is 0. The molecule has 0 spiro atoms. The molecule has 2 fully saturated rings. The predicted molar refractivity (Wildman–Crippen MR) is 161 cm³/mol. The van der Waals surface area contributed by atoms with E-state index in [1.807, 2.05) is 42.6 Å². The lowest BCUT2D eigenvalue weighted by Gasteiger charge is -2.42. The summed E-state index contributed by atoms with van der Waals surface area (Å²) in [4.78, 5) is 47.1. The van der Waals surface area contributed by atoms with Crippen LogP contribution in [0.3, 0.4) is 0 Å². The van der Waals surface area contributed by atoms with Gasteiger partial charge in [-0.05, 0) is 42.0 Å². The van der Waals surface area contributed by atoms with Gasteiger partial charge in [-0.25, -0.2) is 0 Å². The van der Waals surface area contributed by atoms with Gasteiger partial charge in [-0.1, -0.05) is 67.3 Å². The second kappa shape index (κ2) is 13.6.